The number of nitrogens with zero attached hydrogens (tertiary/aromatic N) is 3. The highest BCUT2D eigenvalue weighted by atomic mass is 16.5. The van der Waals surface area contributed by atoms with E-state index in [4.69, 9.17) is 14.1 Å². The predicted octanol–water partition coefficient (Wildman–Crippen LogP) is 3.47. The van der Waals surface area contributed by atoms with E-state index in [0.717, 1.165) is 56.5 Å². The molecule has 2 heterocycles. The van der Waals surface area contributed by atoms with E-state index in [1.165, 1.54) is 5.56 Å². The van der Waals surface area contributed by atoms with Crippen molar-refractivity contribution >= 4 is 5.96 Å². The lowest BCUT2D eigenvalue weighted by molar-refractivity contribution is 0.114. The Hall–Kier alpha value is -2.34. The van der Waals surface area contributed by atoms with Crippen molar-refractivity contribution in [3.8, 4) is 11.5 Å². The zero-order valence-corrected chi connectivity index (χ0v) is 16.6. The smallest absolute Gasteiger partial charge is 0.226 e. The number of nitrogens with one attached hydrogen (secondary N) is 1. The van der Waals surface area contributed by atoms with Crippen molar-refractivity contribution in [3.63, 3.8) is 0 Å². The summed E-state index contributed by atoms with van der Waals surface area (Å²) < 4.78 is 11.2. The molecule has 1 N–H and O–H groups in total. The van der Waals surface area contributed by atoms with Gasteiger partial charge in [-0.3, -0.25) is 0 Å². The van der Waals surface area contributed by atoms with Crippen molar-refractivity contribution in [1.29, 1.82) is 0 Å². The van der Waals surface area contributed by atoms with Gasteiger partial charge in [0.1, 0.15) is 12.0 Å². The molecule has 1 aromatic carbocycles. The molecular formula is C21H30N4O2. The Morgan fingerprint density at radius 2 is 2.15 bits per heavy atom. The van der Waals surface area contributed by atoms with Crippen LogP contribution in [0.25, 0.3) is 11.5 Å². The van der Waals surface area contributed by atoms with Crippen LogP contribution in [-0.2, 0) is 11.3 Å². The fourth-order valence-electron chi connectivity index (χ4n) is 3.24. The van der Waals surface area contributed by atoms with Gasteiger partial charge in [0.2, 0.25) is 5.89 Å². The fraction of sp³-hybridized carbons (Fsp3) is 0.524. The molecule has 1 fully saturated rings. The predicted molar refractivity (Wildman–Crippen MR) is 108 cm³/mol. The second-order valence-electron chi connectivity index (χ2n) is 6.94. The number of hydrogen-bond donors (Lipinski definition) is 1. The SMILES string of the molecule is CCNC(=NCc1coc(-c2ccc(C)cc2)n1)N1CCC(COCC)C1. The number of aryl methyl sites for hydroxylation is 1. The van der Waals surface area contributed by atoms with Crippen molar-refractivity contribution < 1.29 is 9.15 Å². The third kappa shape index (κ3) is 5.32. The Bertz CT molecular complexity index is 739. The monoisotopic (exact) mass is 370 g/mol. The van der Waals surface area contributed by atoms with Gasteiger partial charge in [0.05, 0.1) is 13.2 Å². The molecule has 0 bridgehead atoms. The molecule has 27 heavy (non-hydrogen) atoms. The lowest BCUT2D eigenvalue weighted by atomic mass is 10.1. The Morgan fingerprint density at radius 1 is 1.33 bits per heavy atom. The number of likely N-dealkylation sites (tertiary alicyclic amines) is 1. The van der Waals surface area contributed by atoms with Crippen molar-refractivity contribution in [2.24, 2.45) is 10.9 Å². The maximum atomic E-state index is 5.64. The number of benzene rings is 1. The molecular weight excluding hydrogens is 340 g/mol. The maximum Gasteiger partial charge on any atom is 0.226 e. The van der Waals surface area contributed by atoms with Crippen LogP contribution in [0.3, 0.4) is 0 Å². The van der Waals surface area contributed by atoms with Crippen molar-refractivity contribution in [2.45, 2.75) is 33.7 Å². The number of hydrogen-bond acceptors (Lipinski definition) is 4. The van der Waals surface area contributed by atoms with Gasteiger partial charge < -0.3 is 19.4 Å². The third-order valence-electron chi connectivity index (χ3n) is 4.72. The normalized spacial score (nSPS) is 17.5. The van der Waals surface area contributed by atoms with Gasteiger partial charge in [0.25, 0.3) is 0 Å². The second kappa shape index (κ2) is 9.55. The Balaban J connectivity index is 1.63. The van der Waals surface area contributed by atoms with E-state index in [0.29, 0.717) is 18.4 Å². The van der Waals surface area contributed by atoms with E-state index >= 15 is 0 Å². The fourth-order valence-corrected chi connectivity index (χ4v) is 3.24. The minimum atomic E-state index is 0.504. The third-order valence-corrected chi connectivity index (χ3v) is 4.72. The van der Waals surface area contributed by atoms with Crippen LogP contribution in [-0.4, -0.2) is 48.7 Å². The van der Waals surface area contributed by atoms with Crippen LogP contribution in [0.2, 0.25) is 0 Å². The summed E-state index contributed by atoms with van der Waals surface area (Å²) >= 11 is 0. The van der Waals surface area contributed by atoms with E-state index in [-0.39, 0.29) is 0 Å². The van der Waals surface area contributed by atoms with Gasteiger partial charge in [0, 0.05) is 37.7 Å². The molecule has 1 aliphatic heterocycles. The average Bonchev–Trinajstić information content (AvgIpc) is 3.34. The molecule has 1 aliphatic rings. The van der Waals surface area contributed by atoms with Crippen molar-refractivity contribution in [2.75, 3.05) is 32.8 Å². The van der Waals surface area contributed by atoms with Gasteiger partial charge in [-0.25, -0.2) is 9.98 Å². The second-order valence-corrected chi connectivity index (χ2v) is 6.94. The molecule has 6 heteroatoms. The number of aliphatic imine (C=N–C) groups is 1. The molecule has 0 aliphatic carbocycles. The lowest BCUT2D eigenvalue weighted by Gasteiger charge is -2.21. The summed E-state index contributed by atoms with van der Waals surface area (Å²) in [5, 5.41) is 3.39. The van der Waals surface area contributed by atoms with Crippen molar-refractivity contribution in [1.82, 2.24) is 15.2 Å². The topological polar surface area (TPSA) is 62.9 Å². The number of ether oxygens (including phenoxy) is 1. The summed E-state index contributed by atoms with van der Waals surface area (Å²) in [4.78, 5) is 11.7. The minimum absolute atomic E-state index is 0.504. The summed E-state index contributed by atoms with van der Waals surface area (Å²) in [6, 6.07) is 8.18. The van der Waals surface area contributed by atoms with Crippen LogP contribution in [0.5, 0.6) is 0 Å². The molecule has 1 unspecified atom stereocenters. The van der Waals surface area contributed by atoms with Crippen LogP contribution in [0.15, 0.2) is 39.9 Å². The maximum absolute atomic E-state index is 5.64. The molecule has 2 aromatic rings. The van der Waals surface area contributed by atoms with E-state index in [9.17, 15) is 0 Å². The summed E-state index contributed by atoms with van der Waals surface area (Å²) in [7, 11) is 0. The zero-order valence-electron chi connectivity index (χ0n) is 16.6. The standard InChI is InChI=1S/C21H30N4O2/c1-4-22-21(25-11-10-17(13-25)14-26-5-2)23-12-19-15-27-20(24-19)18-8-6-16(3)7-9-18/h6-9,15,17H,4-5,10-14H2,1-3H3,(H,22,23). The van der Waals surface area contributed by atoms with Gasteiger partial charge in [-0.1, -0.05) is 17.7 Å². The van der Waals surface area contributed by atoms with E-state index in [2.05, 4.69) is 41.2 Å². The number of aromatic nitrogens is 1. The lowest BCUT2D eigenvalue weighted by Crippen LogP contribution is -2.40. The first kappa shape index (κ1) is 19.4. The van der Waals surface area contributed by atoms with Gasteiger partial charge in [0.15, 0.2) is 5.96 Å². The van der Waals surface area contributed by atoms with E-state index < -0.39 is 0 Å². The Labute approximate surface area is 161 Å². The highest BCUT2D eigenvalue weighted by Crippen LogP contribution is 2.20. The molecule has 6 nitrogen and oxygen atoms in total. The highest BCUT2D eigenvalue weighted by molar-refractivity contribution is 5.80. The molecule has 3 rings (SSSR count). The van der Waals surface area contributed by atoms with E-state index in [1.54, 1.807) is 6.26 Å². The first-order valence-corrected chi connectivity index (χ1v) is 9.82. The van der Waals surface area contributed by atoms with Gasteiger partial charge >= 0.3 is 0 Å². The summed E-state index contributed by atoms with van der Waals surface area (Å²) in [6.07, 6.45) is 2.84. The summed E-state index contributed by atoms with van der Waals surface area (Å²) in [5.74, 6) is 2.16. The van der Waals surface area contributed by atoms with Crippen LogP contribution < -0.4 is 5.32 Å². The van der Waals surface area contributed by atoms with Crippen LogP contribution in [0, 0.1) is 12.8 Å². The molecule has 1 saturated heterocycles. The molecule has 0 saturated carbocycles. The van der Waals surface area contributed by atoms with Gasteiger partial charge in [-0.2, -0.15) is 0 Å². The number of rotatable bonds is 7. The van der Waals surface area contributed by atoms with Crippen LogP contribution >= 0.6 is 0 Å². The molecule has 146 valence electrons. The van der Waals surface area contributed by atoms with E-state index in [1.807, 2.05) is 19.1 Å². The molecule has 0 spiro atoms. The number of guanidine groups is 1. The highest BCUT2D eigenvalue weighted by Gasteiger charge is 2.24. The largest absolute Gasteiger partial charge is 0.444 e. The average molecular weight is 370 g/mol. The number of oxazole rings is 1. The quantitative estimate of drug-likeness (QED) is 0.597. The summed E-state index contributed by atoms with van der Waals surface area (Å²) in [5.41, 5.74) is 3.05. The molecule has 1 atom stereocenters. The van der Waals surface area contributed by atoms with Crippen molar-refractivity contribution in [3.05, 3.63) is 41.8 Å². The molecule has 0 amide bonds. The zero-order chi connectivity index (χ0) is 19.1. The molecule has 1 aromatic heterocycles. The van der Waals surface area contributed by atoms with Crippen LogP contribution in [0.1, 0.15) is 31.5 Å². The first-order chi connectivity index (χ1) is 13.2. The Kier molecular flexibility index (Phi) is 6.87. The van der Waals surface area contributed by atoms with Gasteiger partial charge in [-0.15, -0.1) is 0 Å². The summed E-state index contributed by atoms with van der Waals surface area (Å²) in [6.45, 7) is 11.2. The molecule has 0 radical (unpaired) electrons. The van der Waals surface area contributed by atoms with Gasteiger partial charge in [-0.05, 0) is 39.3 Å². The van der Waals surface area contributed by atoms with Crippen LogP contribution in [0.4, 0.5) is 0 Å². The Morgan fingerprint density at radius 3 is 2.89 bits per heavy atom. The minimum Gasteiger partial charge on any atom is -0.444 e. The first-order valence-electron chi connectivity index (χ1n) is 9.82.